The van der Waals surface area contributed by atoms with Gasteiger partial charge < -0.3 is 19.1 Å². The number of hydrogen-bond acceptors (Lipinski definition) is 7. The Morgan fingerprint density at radius 2 is 0.791 bits per heavy atom. The second kappa shape index (κ2) is 42.4. The lowest BCUT2D eigenvalue weighted by atomic mass is 9.92. The summed E-state index contributed by atoms with van der Waals surface area (Å²) in [6, 6.07) is 19.7. The molecule has 0 aliphatic carbocycles. The summed E-state index contributed by atoms with van der Waals surface area (Å²) >= 11 is 0. The van der Waals surface area contributed by atoms with Crippen molar-refractivity contribution in [2.45, 2.75) is 232 Å². The number of carbonyl (C=O) groups excluding carboxylic acids is 3. The van der Waals surface area contributed by atoms with Crippen molar-refractivity contribution in [2.75, 3.05) is 20.6 Å². The smallest absolute Gasteiger partial charge is 0.306 e. The van der Waals surface area contributed by atoms with Crippen LogP contribution in [0, 0.1) is 11.8 Å². The molecule has 7 nitrogen and oxygen atoms in total. The van der Waals surface area contributed by atoms with Gasteiger partial charge in [0.15, 0.2) is 0 Å². The highest BCUT2D eigenvalue weighted by molar-refractivity contribution is 5.70. The van der Waals surface area contributed by atoms with Crippen LogP contribution in [-0.4, -0.2) is 49.6 Å². The zero-order chi connectivity index (χ0) is 48.3. The fourth-order valence-electron chi connectivity index (χ4n) is 8.61. The molecule has 0 saturated carbocycles. The van der Waals surface area contributed by atoms with Crippen molar-refractivity contribution in [1.29, 1.82) is 0 Å². The number of unbranched alkanes of at least 4 members (excludes halogenated alkanes) is 22. The van der Waals surface area contributed by atoms with Crippen LogP contribution < -0.4 is 0 Å². The Morgan fingerprint density at radius 1 is 0.448 bits per heavy atom. The maximum atomic E-state index is 13.1. The van der Waals surface area contributed by atoms with E-state index in [9.17, 15) is 14.4 Å². The number of benzene rings is 2. The van der Waals surface area contributed by atoms with Crippen molar-refractivity contribution in [1.82, 2.24) is 4.90 Å². The number of carbonyl (C=O) groups is 3. The first-order valence-corrected chi connectivity index (χ1v) is 27.3. The Labute approximate surface area is 410 Å². The third-order valence-corrected chi connectivity index (χ3v) is 13.0. The van der Waals surface area contributed by atoms with Gasteiger partial charge in [0.05, 0.1) is 0 Å². The van der Waals surface area contributed by atoms with Gasteiger partial charge in [-0.1, -0.05) is 189 Å². The minimum absolute atomic E-state index is 0.00731. The average molecular weight is 928 g/mol. The Bertz CT molecular complexity index is 1430. The molecule has 0 saturated heterocycles. The van der Waals surface area contributed by atoms with Gasteiger partial charge in [-0.15, -0.1) is 0 Å². The highest BCUT2D eigenvalue weighted by atomic mass is 16.5. The van der Waals surface area contributed by atoms with E-state index >= 15 is 0 Å². The van der Waals surface area contributed by atoms with Gasteiger partial charge >= 0.3 is 17.9 Å². The predicted octanol–water partition coefficient (Wildman–Crippen LogP) is 16.4. The molecule has 0 aliphatic heterocycles. The van der Waals surface area contributed by atoms with E-state index < -0.39 is 0 Å². The molecule has 2 rings (SSSR count). The molecule has 0 spiro atoms. The molecule has 0 radical (unpaired) electrons. The van der Waals surface area contributed by atoms with Crippen LogP contribution in [0.25, 0.3) is 0 Å². The van der Waals surface area contributed by atoms with Crippen LogP contribution in [0.2, 0.25) is 0 Å². The van der Waals surface area contributed by atoms with Gasteiger partial charge in [0.1, 0.15) is 19.3 Å². The lowest BCUT2D eigenvalue weighted by Gasteiger charge is -2.24. The number of ether oxygens (including phenoxy) is 3. The number of esters is 3. The van der Waals surface area contributed by atoms with Gasteiger partial charge in [-0.3, -0.25) is 14.4 Å². The summed E-state index contributed by atoms with van der Waals surface area (Å²) < 4.78 is 16.9. The van der Waals surface area contributed by atoms with Crippen molar-refractivity contribution >= 4 is 17.9 Å². The predicted molar refractivity (Wildman–Crippen MR) is 281 cm³/mol. The van der Waals surface area contributed by atoms with Gasteiger partial charge in [0, 0.05) is 25.8 Å². The van der Waals surface area contributed by atoms with Gasteiger partial charge in [0.2, 0.25) is 0 Å². The van der Waals surface area contributed by atoms with Gasteiger partial charge in [-0.2, -0.15) is 0 Å². The summed E-state index contributed by atoms with van der Waals surface area (Å²) in [4.78, 5) is 39.2. The normalized spacial score (nSPS) is 12.6. The lowest BCUT2D eigenvalue weighted by molar-refractivity contribution is -0.151. The van der Waals surface area contributed by atoms with Gasteiger partial charge in [0.25, 0.3) is 0 Å². The Kier molecular flexibility index (Phi) is 37.6. The fourth-order valence-corrected chi connectivity index (χ4v) is 8.61. The van der Waals surface area contributed by atoms with E-state index in [-0.39, 0.29) is 24.0 Å². The highest BCUT2D eigenvalue weighted by Crippen LogP contribution is 2.22. The number of hydrogen-bond donors (Lipinski definition) is 0. The van der Waals surface area contributed by atoms with Crippen LogP contribution in [0.4, 0.5) is 0 Å². The fraction of sp³-hybridized carbons (Fsp3) is 0.683. The largest absolute Gasteiger partial charge is 0.462 e. The molecule has 0 aliphatic rings. The van der Waals surface area contributed by atoms with E-state index in [0.29, 0.717) is 44.3 Å². The maximum Gasteiger partial charge on any atom is 0.306 e. The molecular formula is C60H97NO6. The van der Waals surface area contributed by atoms with Crippen LogP contribution in [0.3, 0.4) is 0 Å². The van der Waals surface area contributed by atoms with E-state index in [1.165, 1.54) is 116 Å². The molecule has 2 aromatic carbocycles. The molecule has 7 heteroatoms. The Balaban J connectivity index is 1.46. The molecule has 2 atom stereocenters. The van der Waals surface area contributed by atoms with Crippen molar-refractivity contribution in [3.05, 3.63) is 96.1 Å². The van der Waals surface area contributed by atoms with Crippen LogP contribution in [-0.2, 0) is 41.8 Å². The van der Waals surface area contributed by atoms with Crippen molar-refractivity contribution < 1.29 is 28.6 Å². The lowest BCUT2D eigenvalue weighted by Crippen LogP contribution is -2.27. The first-order chi connectivity index (χ1) is 32.7. The molecular weight excluding hydrogens is 831 g/mol. The first-order valence-electron chi connectivity index (χ1n) is 27.3. The van der Waals surface area contributed by atoms with E-state index in [4.69, 9.17) is 14.2 Å². The highest BCUT2D eigenvalue weighted by Gasteiger charge is 2.21. The van der Waals surface area contributed by atoms with Crippen LogP contribution in [0.15, 0.2) is 85.0 Å². The monoisotopic (exact) mass is 928 g/mol. The first kappa shape index (κ1) is 59.4. The molecule has 67 heavy (non-hydrogen) atoms. The van der Waals surface area contributed by atoms with Crippen LogP contribution >= 0.6 is 0 Å². The Morgan fingerprint density at radius 3 is 1.16 bits per heavy atom. The van der Waals surface area contributed by atoms with Crippen molar-refractivity contribution in [2.24, 2.45) is 11.8 Å². The second-order valence-electron chi connectivity index (χ2n) is 19.8. The molecule has 0 N–H and O–H groups in total. The quantitative estimate of drug-likeness (QED) is 0.0283. The SMILES string of the molecule is CC(CC(=O)OC(CCCCCCCC/C=C\CCCCCCCC(=O)OCc1ccccc1)CCCCCCCC/C=C\CCCCCCCC(=O)OCc1ccccc1)C(C)CN(C)C. The topological polar surface area (TPSA) is 82.1 Å². The van der Waals surface area contributed by atoms with Crippen molar-refractivity contribution in [3.8, 4) is 0 Å². The standard InChI is InChI=1S/C60H97NO6/c1-53(54(2)50-61(3)4)49-60(64)67-57(45-37-27-23-19-15-11-7-5-9-13-17-21-25-29-39-47-58(62)65-51-55-41-33-31-34-42-55)46-38-28-24-20-16-12-8-6-10-14-18-22-26-30-40-48-59(63)66-52-56-43-35-32-36-44-56/h5-6,9-10,31-36,41-44,53-54,57H,7-8,11-30,37-40,45-52H2,1-4H3/b9-5-,10-6-. The minimum Gasteiger partial charge on any atom is -0.462 e. The molecule has 2 unspecified atom stereocenters. The summed E-state index contributed by atoms with van der Waals surface area (Å²) in [5, 5.41) is 0. The van der Waals surface area contributed by atoms with E-state index in [1.807, 2.05) is 60.7 Å². The van der Waals surface area contributed by atoms with E-state index in [2.05, 4.69) is 57.1 Å². The summed E-state index contributed by atoms with van der Waals surface area (Å²) in [7, 11) is 4.20. The van der Waals surface area contributed by atoms with Crippen LogP contribution in [0.1, 0.15) is 224 Å². The summed E-state index contributed by atoms with van der Waals surface area (Å²) in [6.07, 6.45) is 43.9. The molecule has 0 fully saturated rings. The molecule has 0 aromatic heterocycles. The second-order valence-corrected chi connectivity index (χ2v) is 19.8. The summed E-state index contributed by atoms with van der Waals surface area (Å²) in [5.41, 5.74) is 2.08. The molecule has 2 aromatic rings. The number of allylic oxidation sites excluding steroid dienone is 4. The number of rotatable bonds is 44. The molecule has 378 valence electrons. The molecule has 0 amide bonds. The van der Waals surface area contributed by atoms with E-state index in [0.717, 1.165) is 81.9 Å². The summed E-state index contributed by atoms with van der Waals surface area (Å²) in [6.45, 7) is 6.17. The zero-order valence-electron chi connectivity index (χ0n) is 43.3. The van der Waals surface area contributed by atoms with Gasteiger partial charge in [-0.25, -0.2) is 0 Å². The number of nitrogens with zero attached hydrogens (tertiary/aromatic N) is 1. The third kappa shape index (κ3) is 36.9. The van der Waals surface area contributed by atoms with Crippen molar-refractivity contribution in [3.63, 3.8) is 0 Å². The molecule has 0 heterocycles. The maximum absolute atomic E-state index is 13.1. The van der Waals surface area contributed by atoms with Gasteiger partial charge in [-0.05, 0) is 127 Å². The third-order valence-electron chi connectivity index (χ3n) is 13.0. The van der Waals surface area contributed by atoms with E-state index in [1.54, 1.807) is 0 Å². The molecule has 0 bridgehead atoms. The zero-order valence-corrected chi connectivity index (χ0v) is 43.3. The Hall–Kier alpha value is -3.71. The minimum atomic E-state index is -0.0896. The average Bonchev–Trinajstić information content (AvgIpc) is 3.32. The summed E-state index contributed by atoms with van der Waals surface area (Å²) in [5.74, 6) is 0.590. The van der Waals surface area contributed by atoms with Crippen LogP contribution in [0.5, 0.6) is 0 Å².